The van der Waals surface area contributed by atoms with Crippen molar-refractivity contribution in [1.29, 1.82) is 0 Å². The van der Waals surface area contributed by atoms with Crippen molar-refractivity contribution in [3.63, 3.8) is 0 Å². The standard InChI is InChI=1S/C25H30BrNO5/c1-14-21(24(29)32-13-16-6-5-9-31-16)22(17-10-15(26)7-8-20(17)30-4)23-18(27-14)11-25(2,3)12-19(23)28/h7-8,10,16,22,27H,5-6,9,11-13H2,1-4H3/t16-,22+/m1/s1. The van der Waals surface area contributed by atoms with E-state index >= 15 is 0 Å². The van der Waals surface area contributed by atoms with E-state index < -0.39 is 11.9 Å². The highest BCUT2D eigenvalue weighted by Crippen LogP contribution is 2.49. The molecule has 1 aromatic carbocycles. The molecule has 1 aromatic rings. The summed E-state index contributed by atoms with van der Waals surface area (Å²) in [5.74, 6) is -0.310. The lowest BCUT2D eigenvalue weighted by atomic mass is 9.68. The third-order valence-electron chi connectivity index (χ3n) is 6.39. The van der Waals surface area contributed by atoms with Crippen molar-refractivity contribution >= 4 is 27.7 Å². The van der Waals surface area contributed by atoms with Gasteiger partial charge in [-0.25, -0.2) is 4.79 Å². The van der Waals surface area contributed by atoms with Crippen molar-refractivity contribution in [1.82, 2.24) is 5.32 Å². The topological polar surface area (TPSA) is 73.9 Å². The minimum Gasteiger partial charge on any atom is -0.496 e. The molecule has 0 unspecified atom stereocenters. The maximum Gasteiger partial charge on any atom is 0.336 e. The van der Waals surface area contributed by atoms with Gasteiger partial charge in [0, 0.05) is 40.0 Å². The summed E-state index contributed by atoms with van der Waals surface area (Å²) < 4.78 is 17.8. The summed E-state index contributed by atoms with van der Waals surface area (Å²) in [5, 5.41) is 3.37. The van der Waals surface area contributed by atoms with Crippen molar-refractivity contribution in [2.24, 2.45) is 5.41 Å². The van der Waals surface area contributed by atoms with Crippen LogP contribution in [0.3, 0.4) is 0 Å². The number of benzene rings is 1. The van der Waals surface area contributed by atoms with E-state index in [1.165, 1.54) is 0 Å². The molecule has 2 aliphatic heterocycles. The highest BCUT2D eigenvalue weighted by atomic mass is 79.9. The van der Waals surface area contributed by atoms with Gasteiger partial charge in [0.1, 0.15) is 12.4 Å². The Morgan fingerprint density at radius 1 is 1.31 bits per heavy atom. The van der Waals surface area contributed by atoms with Crippen molar-refractivity contribution in [3.05, 3.63) is 50.8 Å². The Bertz CT molecular complexity index is 1000. The Balaban J connectivity index is 1.78. The number of methoxy groups -OCH3 is 1. The molecule has 1 aliphatic carbocycles. The van der Waals surface area contributed by atoms with Crippen LogP contribution in [0.15, 0.2) is 45.2 Å². The molecule has 32 heavy (non-hydrogen) atoms. The van der Waals surface area contributed by atoms with E-state index in [0.29, 0.717) is 35.6 Å². The molecule has 2 heterocycles. The van der Waals surface area contributed by atoms with Gasteiger partial charge >= 0.3 is 5.97 Å². The Hall–Kier alpha value is -2.12. The average Bonchev–Trinajstić information content (AvgIpc) is 3.23. The van der Waals surface area contributed by atoms with Crippen LogP contribution >= 0.6 is 15.9 Å². The van der Waals surface area contributed by atoms with Gasteiger partial charge in [0.15, 0.2) is 5.78 Å². The molecular formula is C25H30BrNO5. The summed E-state index contributed by atoms with van der Waals surface area (Å²) in [6.45, 7) is 6.97. The number of hydrogen-bond acceptors (Lipinski definition) is 6. The quantitative estimate of drug-likeness (QED) is 0.582. The van der Waals surface area contributed by atoms with Gasteiger partial charge in [-0.1, -0.05) is 29.8 Å². The number of allylic oxidation sites excluding steroid dienone is 3. The Labute approximate surface area is 197 Å². The molecule has 6 nitrogen and oxygen atoms in total. The fourth-order valence-electron chi connectivity index (χ4n) is 4.97. The first kappa shape index (κ1) is 23.1. The summed E-state index contributed by atoms with van der Waals surface area (Å²) >= 11 is 3.54. The molecule has 0 radical (unpaired) electrons. The van der Waals surface area contributed by atoms with Gasteiger partial charge < -0.3 is 19.5 Å². The summed E-state index contributed by atoms with van der Waals surface area (Å²) in [6.07, 6.45) is 2.95. The van der Waals surface area contributed by atoms with Gasteiger partial charge in [-0.3, -0.25) is 4.79 Å². The van der Waals surface area contributed by atoms with Crippen LogP contribution in [0.4, 0.5) is 0 Å². The van der Waals surface area contributed by atoms with E-state index in [1.807, 2.05) is 25.1 Å². The molecule has 1 fully saturated rings. The average molecular weight is 504 g/mol. The SMILES string of the molecule is COc1ccc(Br)cc1[C@H]1C(C(=O)OC[C@H]2CCCO2)=C(C)NC2=C1C(=O)CC(C)(C)C2. The molecule has 7 heteroatoms. The molecular weight excluding hydrogens is 474 g/mol. The molecule has 172 valence electrons. The van der Waals surface area contributed by atoms with Gasteiger partial charge in [0.05, 0.1) is 24.7 Å². The monoisotopic (exact) mass is 503 g/mol. The van der Waals surface area contributed by atoms with Crippen LogP contribution in [0.2, 0.25) is 0 Å². The van der Waals surface area contributed by atoms with Gasteiger partial charge in [-0.05, 0) is 49.8 Å². The van der Waals surface area contributed by atoms with Crippen molar-refractivity contribution in [2.45, 2.75) is 58.5 Å². The van der Waals surface area contributed by atoms with E-state index in [1.54, 1.807) is 7.11 Å². The zero-order valence-corrected chi connectivity index (χ0v) is 20.6. The van der Waals surface area contributed by atoms with E-state index in [2.05, 4.69) is 35.1 Å². The van der Waals surface area contributed by atoms with Crippen LogP contribution in [0.5, 0.6) is 5.75 Å². The number of ketones is 1. The molecule has 2 atom stereocenters. The van der Waals surface area contributed by atoms with Gasteiger partial charge in [0.25, 0.3) is 0 Å². The molecule has 0 saturated carbocycles. The molecule has 1 N–H and O–H groups in total. The maximum atomic E-state index is 13.4. The van der Waals surface area contributed by atoms with Crippen LogP contribution in [0.25, 0.3) is 0 Å². The summed E-state index contributed by atoms with van der Waals surface area (Å²) in [5.41, 5.74) is 3.30. The second-order valence-corrected chi connectivity index (χ2v) is 10.5. The van der Waals surface area contributed by atoms with Crippen LogP contribution in [-0.4, -0.2) is 38.2 Å². The molecule has 0 bridgehead atoms. The van der Waals surface area contributed by atoms with Gasteiger partial charge in [0.2, 0.25) is 0 Å². The smallest absolute Gasteiger partial charge is 0.336 e. The fourth-order valence-corrected chi connectivity index (χ4v) is 5.35. The highest BCUT2D eigenvalue weighted by Gasteiger charge is 2.44. The molecule has 4 rings (SSSR count). The van der Waals surface area contributed by atoms with Crippen LogP contribution < -0.4 is 10.1 Å². The number of halogens is 1. The third kappa shape index (κ3) is 4.50. The first-order valence-corrected chi connectivity index (χ1v) is 11.9. The predicted molar refractivity (Wildman–Crippen MR) is 124 cm³/mol. The lowest BCUT2D eigenvalue weighted by Crippen LogP contribution is -2.39. The minimum absolute atomic E-state index is 0.0488. The predicted octanol–water partition coefficient (Wildman–Crippen LogP) is 4.78. The second kappa shape index (κ2) is 9.02. The van der Waals surface area contributed by atoms with Crippen molar-refractivity contribution in [2.75, 3.05) is 20.3 Å². The molecule has 0 spiro atoms. The number of carbonyl (C=O) groups excluding carboxylic acids is 2. The number of nitrogens with one attached hydrogen (secondary N) is 1. The largest absolute Gasteiger partial charge is 0.496 e. The van der Waals surface area contributed by atoms with Crippen molar-refractivity contribution in [3.8, 4) is 5.75 Å². The summed E-state index contributed by atoms with van der Waals surface area (Å²) in [6, 6.07) is 5.66. The molecule has 0 amide bonds. The Kier molecular flexibility index (Phi) is 6.50. The van der Waals surface area contributed by atoms with E-state index in [-0.39, 0.29) is 23.9 Å². The van der Waals surface area contributed by atoms with Crippen LogP contribution in [-0.2, 0) is 19.1 Å². The Morgan fingerprint density at radius 2 is 2.09 bits per heavy atom. The third-order valence-corrected chi connectivity index (χ3v) is 6.88. The first-order valence-electron chi connectivity index (χ1n) is 11.1. The molecule has 3 aliphatic rings. The number of Topliss-reactive ketones (excluding diaryl/α,β-unsaturated/α-hetero) is 1. The van der Waals surface area contributed by atoms with E-state index in [4.69, 9.17) is 14.2 Å². The van der Waals surface area contributed by atoms with Crippen LogP contribution in [0, 0.1) is 5.41 Å². The first-order chi connectivity index (χ1) is 15.2. The van der Waals surface area contributed by atoms with E-state index in [9.17, 15) is 9.59 Å². The number of carbonyl (C=O) groups is 2. The van der Waals surface area contributed by atoms with Crippen molar-refractivity contribution < 1.29 is 23.8 Å². The number of dihydropyridines is 1. The molecule has 1 saturated heterocycles. The minimum atomic E-state index is -0.556. The second-order valence-electron chi connectivity index (χ2n) is 9.55. The summed E-state index contributed by atoms with van der Waals surface area (Å²) in [4.78, 5) is 26.8. The maximum absolute atomic E-state index is 13.4. The number of ether oxygens (including phenoxy) is 3. The lowest BCUT2D eigenvalue weighted by Gasteiger charge is -2.39. The lowest BCUT2D eigenvalue weighted by molar-refractivity contribution is -0.142. The highest BCUT2D eigenvalue weighted by molar-refractivity contribution is 9.10. The van der Waals surface area contributed by atoms with Crippen LogP contribution in [0.1, 0.15) is 57.9 Å². The number of rotatable bonds is 5. The van der Waals surface area contributed by atoms with E-state index in [0.717, 1.165) is 35.0 Å². The number of esters is 1. The Morgan fingerprint density at radius 3 is 2.78 bits per heavy atom. The number of hydrogen-bond donors (Lipinski definition) is 1. The fraction of sp³-hybridized carbons (Fsp3) is 0.520. The summed E-state index contributed by atoms with van der Waals surface area (Å²) in [7, 11) is 1.60. The zero-order valence-electron chi connectivity index (χ0n) is 19.0. The normalized spacial score (nSPS) is 24.8. The zero-order chi connectivity index (χ0) is 23.0. The van der Waals surface area contributed by atoms with Gasteiger partial charge in [-0.15, -0.1) is 0 Å². The molecule has 0 aromatic heterocycles. The van der Waals surface area contributed by atoms with Gasteiger partial charge in [-0.2, -0.15) is 0 Å².